The van der Waals surface area contributed by atoms with Crippen molar-refractivity contribution < 1.29 is 16.8 Å². The van der Waals surface area contributed by atoms with Crippen molar-refractivity contribution in [3.05, 3.63) is 41.7 Å². The molecular formula is C13H13ClN6O4S2. The van der Waals surface area contributed by atoms with E-state index in [1.165, 1.54) is 50.8 Å². The van der Waals surface area contributed by atoms with Gasteiger partial charge in [-0.25, -0.2) is 22.2 Å². The Labute approximate surface area is 154 Å². The van der Waals surface area contributed by atoms with Crippen LogP contribution >= 0.6 is 11.6 Å². The van der Waals surface area contributed by atoms with Crippen molar-refractivity contribution in [2.24, 2.45) is 0 Å². The Balaban J connectivity index is 2.05. The van der Waals surface area contributed by atoms with Gasteiger partial charge < -0.3 is 0 Å². The highest BCUT2D eigenvalue weighted by atomic mass is 35.5. The maximum Gasteiger partial charge on any atom is 0.299 e. The van der Waals surface area contributed by atoms with Gasteiger partial charge in [-0.15, -0.1) is 5.10 Å². The number of anilines is 1. The molecule has 0 aliphatic heterocycles. The summed E-state index contributed by atoms with van der Waals surface area (Å²) in [7, 11) is -5.42. The van der Waals surface area contributed by atoms with E-state index in [0.29, 0.717) is 0 Å². The molecule has 2 aromatic heterocycles. The van der Waals surface area contributed by atoms with Crippen LogP contribution in [0.2, 0.25) is 5.02 Å². The first-order valence-electron chi connectivity index (χ1n) is 7.03. The minimum Gasteiger partial charge on any atom is -0.276 e. The Bertz CT molecular complexity index is 1190. The molecule has 0 aliphatic rings. The van der Waals surface area contributed by atoms with Crippen LogP contribution in [0.1, 0.15) is 0 Å². The van der Waals surface area contributed by atoms with Gasteiger partial charge in [0.05, 0.1) is 23.1 Å². The van der Waals surface area contributed by atoms with Crippen LogP contribution in [-0.4, -0.2) is 54.8 Å². The zero-order valence-electron chi connectivity index (χ0n) is 13.5. The molecule has 0 radical (unpaired) electrons. The van der Waals surface area contributed by atoms with Gasteiger partial charge in [0.2, 0.25) is 10.0 Å². The number of aromatic nitrogens is 4. The first kappa shape index (κ1) is 18.5. The summed E-state index contributed by atoms with van der Waals surface area (Å²) in [5, 5.41) is 3.50. The maximum atomic E-state index is 12.6. The van der Waals surface area contributed by atoms with Gasteiger partial charge in [0.25, 0.3) is 21.0 Å². The minimum absolute atomic E-state index is 0.0315. The van der Waals surface area contributed by atoms with Gasteiger partial charge in [-0.1, -0.05) is 23.7 Å². The number of halogens is 1. The average Bonchev–Trinajstić information content (AvgIpc) is 2.98. The molecule has 0 amide bonds. The predicted molar refractivity (Wildman–Crippen MR) is 93.9 cm³/mol. The zero-order valence-corrected chi connectivity index (χ0v) is 15.9. The topological polar surface area (TPSA) is 127 Å². The van der Waals surface area contributed by atoms with Crippen molar-refractivity contribution in [3.63, 3.8) is 0 Å². The Morgan fingerprint density at radius 2 is 1.85 bits per heavy atom. The highest BCUT2D eigenvalue weighted by Gasteiger charge is 2.26. The van der Waals surface area contributed by atoms with E-state index in [1.807, 2.05) is 0 Å². The van der Waals surface area contributed by atoms with Crippen LogP contribution in [0, 0.1) is 0 Å². The lowest BCUT2D eigenvalue weighted by Gasteiger charge is -2.15. The van der Waals surface area contributed by atoms with Crippen LogP contribution in [0.4, 0.5) is 5.69 Å². The van der Waals surface area contributed by atoms with Crippen LogP contribution < -0.4 is 4.72 Å². The molecule has 0 atom stereocenters. The fourth-order valence-corrected chi connectivity index (χ4v) is 4.22. The van der Waals surface area contributed by atoms with Gasteiger partial charge in [0, 0.05) is 14.1 Å². The first-order chi connectivity index (χ1) is 12.1. The number of fused-ring (bicyclic) bond motifs is 1. The molecule has 138 valence electrons. The van der Waals surface area contributed by atoms with E-state index in [1.54, 1.807) is 0 Å². The molecule has 0 fully saturated rings. The Morgan fingerprint density at radius 3 is 2.54 bits per heavy atom. The Kier molecular flexibility index (Phi) is 4.60. The molecule has 0 aliphatic carbocycles. The number of para-hydroxylation sites is 1. The highest BCUT2D eigenvalue weighted by molar-refractivity contribution is 7.92. The van der Waals surface area contributed by atoms with Crippen molar-refractivity contribution in [1.82, 2.24) is 23.9 Å². The van der Waals surface area contributed by atoms with E-state index in [2.05, 4.69) is 19.8 Å². The van der Waals surface area contributed by atoms with Crippen molar-refractivity contribution in [1.29, 1.82) is 0 Å². The number of nitrogens with one attached hydrogen (secondary N) is 1. The molecule has 1 N–H and O–H groups in total. The second-order valence-corrected chi connectivity index (χ2v) is 9.43. The molecule has 0 saturated carbocycles. The molecule has 0 spiro atoms. The van der Waals surface area contributed by atoms with Crippen LogP contribution in [0.5, 0.6) is 0 Å². The fraction of sp³-hybridized carbons (Fsp3) is 0.154. The second kappa shape index (κ2) is 6.46. The lowest BCUT2D eigenvalue weighted by Crippen LogP contribution is -2.24. The lowest BCUT2D eigenvalue weighted by molar-refractivity contribution is 0.521. The fourth-order valence-electron chi connectivity index (χ4n) is 2.02. The van der Waals surface area contributed by atoms with Gasteiger partial charge in [0.15, 0.2) is 0 Å². The molecule has 1 aromatic carbocycles. The van der Waals surface area contributed by atoms with Gasteiger partial charge >= 0.3 is 0 Å². The number of nitrogens with zero attached hydrogens (tertiary/aromatic N) is 5. The van der Waals surface area contributed by atoms with Gasteiger partial charge in [-0.05, 0) is 12.1 Å². The van der Waals surface area contributed by atoms with Gasteiger partial charge in [-0.2, -0.15) is 13.4 Å². The summed E-state index contributed by atoms with van der Waals surface area (Å²) in [5.74, 6) is 0.0315. The Hall–Kier alpha value is -2.28. The molecule has 3 rings (SSSR count). The van der Waals surface area contributed by atoms with E-state index in [-0.39, 0.29) is 21.4 Å². The smallest absolute Gasteiger partial charge is 0.276 e. The molecule has 0 saturated heterocycles. The largest absolute Gasteiger partial charge is 0.299 e. The summed E-state index contributed by atoms with van der Waals surface area (Å²) in [5.41, 5.74) is -0.119. The predicted octanol–water partition coefficient (Wildman–Crippen LogP) is 0.829. The summed E-state index contributed by atoms with van der Waals surface area (Å²) in [6.45, 7) is 0. The number of sulfonamides is 2. The summed E-state index contributed by atoms with van der Waals surface area (Å²) >= 11 is 5.79. The molecule has 13 heteroatoms. The zero-order chi connectivity index (χ0) is 19.1. The maximum absolute atomic E-state index is 12.6. The third-order valence-electron chi connectivity index (χ3n) is 3.27. The van der Waals surface area contributed by atoms with Gasteiger partial charge in [0.1, 0.15) is 4.90 Å². The summed E-state index contributed by atoms with van der Waals surface area (Å²) in [4.78, 5) is 7.49. The molecule has 26 heavy (non-hydrogen) atoms. The second-order valence-electron chi connectivity index (χ2n) is 5.30. The SMILES string of the molecule is CN(C)S(=O)(=O)c1ccccc1NS(=O)(=O)c1nc2ncc(Cl)cn2n1. The van der Waals surface area contributed by atoms with E-state index >= 15 is 0 Å². The number of benzene rings is 1. The molecular weight excluding hydrogens is 404 g/mol. The number of hydrogen-bond donors (Lipinski definition) is 1. The molecule has 10 nitrogen and oxygen atoms in total. The normalized spacial score (nSPS) is 12.6. The van der Waals surface area contributed by atoms with E-state index in [9.17, 15) is 16.8 Å². The molecule has 3 aromatic rings. The van der Waals surface area contributed by atoms with Gasteiger partial charge in [-0.3, -0.25) is 4.72 Å². The first-order valence-corrected chi connectivity index (χ1v) is 10.3. The average molecular weight is 417 g/mol. The van der Waals surface area contributed by atoms with Crippen LogP contribution in [0.25, 0.3) is 5.78 Å². The molecule has 2 heterocycles. The van der Waals surface area contributed by atoms with Crippen LogP contribution in [0.3, 0.4) is 0 Å². The van der Waals surface area contributed by atoms with Crippen molar-refractivity contribution in [2.45, 2.75) is 10.1 Å². The minimum atomic E-state index is -4.26. The Morgan fingerprint density at radius 1 is 1.15 bits per heavy atom. The van der Waals surface area contributed by atoms with E-state index in [0.717, 1.165) is 8.82 Å². The lowest BCUT2D eigenvalue weighted by atomic mass is 10.3. The summed E-state index contributed by atoms with van der Waals surface area (Å²) in [6.07, 6.45) is 2.65. The standard InChI is InChI=1S/C13H13ClN6O4S2/c1-19(2)26(23,24)11-6-4-3-5-10(11)18-25(21,22)13-16-12-15-7-9(14)8-20(12)17-13/h3-8,18H,1-2H3. The molecule has 0 unspecified atom stereocenters. The van der Waals surface area contributed by atoms with Crippen molar-refractivity contribution in [3.8, 4) is 0 Å². The summed E-state index contributed by atoms with van der Waals surface area (Å²) in [6, 6.07) is 5.62. The number of hydrogen-bond acceptors (Lipinski definition) is 7. The third-order valence-corrected chi connectivity index (χ3v) is 6.48. The monoisotopic (exact) mass is 416 g/mol. The van der Waals surface area contributed by atoms with Crippen molar-refractivity contribution >= 4 is 43.1 Å². The van der Waals surface area contributed by atoms with E-state index in [4.69, 9.17) is 11.6 Å². The van der Waals surface area contributed by atoms with Crippen molar-refractivity contribution in [2.75, 3.05) is 18.8 Å². The van der Waals surface area contributed by atoms with Crippen LogP contribution in [0.15, 0.2) is 46.7 Å². The van der Waals surface area contributed by atoms with Crippen LogP contribution in [-0.2, 0) is 20.0 Å². The number of rotatable bonds is 5. The quantitative estimate of drug-likeness (QED) is 0.652. The van der Waals surface area contributed by atoms with E-state index < -0.39 is 25.2 Å². The molecule has 0 bridgehead atoms. The third kappa shape index (κ3) is 3.35. The highest BCUT2D eigenvalue weighted by Crippen LogP contribution is 2.25. The summed E-state index contributed by atoms with van der Waals surface area (Å²) < 4.78 is 54.2.